The summed E-state index contributed by atoms with van der Waals surface area (Å²) in [5.41, 5.74) is 0. The zero-order chi connectivity index (χ0) is 7.98. The average molecular weight is 142 g/mol. The minimum absolute atomic E-state index is 0.171. The third-order valence-corrected chi connectivity index (χ3v) is 1.04. The fourth-order valence-corrected chi connectivity index (χ4v) is 0.669. The van der Waals surface area contributed by atoms with Gasteiger partial charge in [0.25, 0.3) is 0 Å². The van der Waals surface area contributed by atoms with Gasteiger partial charge in [-0.3, -0.25) is 0 Å². The largest absolute Gasteiger partial charge is 0.384 e. The molecule has 0 bridgehead atoms. The van der Waals surface area contributed by atoms with Crippen molar-refractivity contribution in [2.24, 2.45) is 5.92 Å². The maximum Gasteiger partial charge on any atom is 0.115 e. The molecule has 0 aromatic rings. The van der Waals surface area contributed by atoms with E-state index in [1.807, 2.05) is 13.8 Å². The van der Waals surface area contributed by atoms with Crippen molar-refractivity contribution in [3.05, 3.63) is 0 Å². The summed E-state index contributed by atoms with van der Waals surface area (Å²) in [6.07, 6.45) is 0.0969. The Morgan fingerprint density at radius 2 is 2.00 bits per heavy atom. The lowest BCUT2D eigenvalue weighted by molar-refractivity contribution is 0.203. The molecule has 0 aliphatic heterocycles. The second-order valence-corrected chi connectivity index (χ2v) is 2.62. The molecule has 0 amide bonds. The van der Waals surface area contributed by atoms with Gasteiger partial charge in [0.15, 0.2) is 0 Å². The molecule has 2 heteroatoms. The average Bonchev–Trinajstić information content (AvgIpc) is 1.82. The molecule has 0 spiro atoms. The lowest BCUT2D eigenvalue weighted by Crippen LogP contribution is -2.06. The van der Waals surface area contributed by atoms with Gasteiger partial charge in [0.1, 0.15) is 12.7 Å². The highest BCUT2D eigenvalue weighted by atomic mass is 16.3. The number of hydrogen-bond acceptors (Lipinski definition) is 2. The van der Waals surface area contributed by atoms with E-state index in [1.165, 1.54) is 0 Å². The summed E-state index contributed by atoms with van der Waals surface area (Å²) in [4.78, 5) is 0. The van der Waals surface area contributed by atoms with Crippen molar-refractivity contribution < 1.29 is 10.2 Å². The van der Waals surface area contributed by atoms with Crippen molar-refractivity contribution in [1.29, 1.82) is 0 Å². The first-order chi connectivity index (χ1) is 4.66. The second-order valence-electron chi connectivity index (χ2n) is 2.62. The third-order valence-electron chi connectivity index (χ3n) is 1.04. The quantitative estimate of drug-likeness (QED) is 0.547. The van der Waals surface area contributed by atoms with E-state index in [2.05, 4.69) is 11.8 Å². The highest BCUT2D eigenvalue weighted by Gasteiger charge is 2.01. The van der Waals surface area contributed by atoms with E-state index in [0.29, 0.717) is 12.3 Å². The molecule has 0 aromatic heterocycles. The van der Waals surface area contributed by atoms with Crippen LogP contribution in [0.5, 0.6) is 0 Å². The van der Waals surface area contributed by atoms with Crippen LogP contribution < -0.4 is 0 Å². The van der Waals surface area contributed by atoms with E-state index >= 15 is 0 Å². The van der Waals surface area contributed by atoms with Gasteiger partial charge in [0.05, 0.1) is 0 Å². The molecule has 0 heterocycles. The zero-order valence-electron chi connectivity index (χ0n) is 6.46. The van der Waals surface area contributed by atoms with Crippen LogP contribution >= 0.6 is 0 Å². The summed E-state index contributed by atoms with van der Waals surface area (Å²) < 4.78 is 0. The molecule has 2 nitrogen and oxygen atoms in total. The topological polar surface area (TPSA) is 40.5 Å². The SMILES string of the molecule is CC(C)CC(O)C#CCO. The van der Waals surface area contributed by atoms with Crippen LogP contribution in [-0.2, 0) is 0 Å². The van der Waals surface area contributed by atoms with Crippen LogP contribution in [0.25, 0.3) is 0 Å². The van der Waals surface area contributed by atoms with Gasteiger partial charge in [0, 0.05) is 0 Å². The van der Waals surface area contributed by atoms with Gasteiger partial charge in [-0.2, -0.15) is 0 Å². The molecule has 0 aromatic carbocycles. The van der Waals surface area contributed by atoms with E-state index in [1.54, 1.807) is 0 Å². The third kappa shape index (κ3) is 5.61. The maximum atomic E-state index is 9.07. The van der Waals surface area contributed by atoms with Crippen LogP contribution in [0.4, 0.5) is 0 Å². The Kier molecular flexibility index (Phi) is 5.00. The first kappa shape index (κ1) is 9.48. The predicted octanol–water partition coefficient (Wildman–Crippen LogP) is 0.389. The first-order valence-electron chi connectivity index (χ1n) is 3.44. The van der Waals surface area contributed by atoms with E-state index < -0.39 is 6.10 Å². The molecule has 2 N–H and O–H groups in total. The second kappa shape index (κ2) is 5.28. The summed E-state index contributed by atoms with van der Waals surface area (Å²) in [5.74, 6) is 5.38. The molecule has 0 aliphatic carbocycles. The van der Waals surface area contributed by atoms with E-state index in [9.17, 15) is 0 Å². The summed E-state index contributed by atoms with van der Waals surface area (Å²) in [6, 6.07) is 0. The van der Waals surface area contributed by atoms with Crippen molar-refractivity contribution >= 4 is 0 Å². The molecule has 0 rings (SSSR count). The summed E-state index contributed by atoms with van der Waals surface area (Å²) in [6.45, 7) is 3.86. The van der Waals surface area contributed by atoms with Gasteiger partial charge in [-0.05, 0) is 12.3 Å². The Bertz CT molecular complexity index is 130. The Morgan fingerprint density at radius 1 is 1.40 bits per heavy atom. The van der Waals surface area contributed by atoms with Crippen LogP contribution in [-0.4, -0.2) is 22.9 Å². The Labute approximate surface area is 61.9 Å². The monoisotopic (exact) mass is 142 g/mol. The number of rotatable bonds is 2. The van der Waals surface area contributed by atoms with E-state index in [0.717, 1.165) is 0 Å². The van der Waals surface area contributed by atoms with Crippen LogP contribution in [0, 0.1) is 17.8 Å². The number of hydrogen-bond donors (Lipinski definition) is 2. The predicted molar refractivity (Wildman–Crippen MR) is 40.3 cm³/mol. The molecule has 1 unspecified atom stereocenters. The lowest BCUT2D eigenvalue weighted by Gasteiger charge is -2.04. The summed E-state index contributed by atoms with van der Waals surface area (Å²) in [5, 5.41) is 17.3. The van der Waals surface area contributed by atoms with Crippen LogP contribution in [0.15, 0.2) is 0 Å². The fourth-order valence-electron chi connectivity index (χ4n) is 0.669. The Hall–Kier alpha value is -0.520. The molecule has 0 aliphatic rings. The Morgan fingerprint density at radius 3 is 2.40 bits per heavy atom. The van der Waals surface area contributed by atoms with Crippen LogP contribution in [0.1, 0.15) is 20.3 Å². The van der Waals surface area contributed by atoms with Crippen molar-refractivity contribution in [1.82, 2.24) is 0 Å². The highest BCUT2D eigenvalue weighted by Crippen LogP contribution is 2.02. The summed E-state index contributed by atoms with van der Waals surface area (Å²) in [7, 11) is 0. The lowest BCUT2D eigenvalue weighted by atomic mass is 10.1. The van der Waals surface area contributed by atoms with Gasteiger partial charge in [-0.1, -0.05) is 25.7 Å². The van der Waals surface area contributed by atoms with Gasteiger partial charge >= 0.3 is 0 Å². The van der Waals surface area contributed by atoms with Gasteiger partial charge in [0.2, 0.25) is 0 Å². The van der Waals surface area contributed by atoms with Crippen LogP contribution in [0.2, 0.25) is 0 Å². The summed E-state index contributed by atoms with van der Waals surface area (Å²) >= 11 is 0. The first-order valence-corrected chi connectivity index (χ1v) is 3.44. The molecule has 0 fully saturated rings. The number of aliphatic hydroxyl groups is 2. The smallest absolute Gasteiger partial charge is 0.115 e. The maximum absolute atomic E-state index is 9.07. The minimum atomic E-state index is -0.577. The van der Waals surface area contributed by atoms with Crippen molar-refractivity contribution in [2.75, 3.05) is 6.61 Å². The van der Waals surface area contributed by atoms with E-state index in [-0.39, 0.29) is 6.61 Å². The normalized spacial score (nSPS) is 12.5. The highest BCUT2D eigenvalue weighted by molar-refractivity contribution is 5.04. The molecule has 10 heavy (non-hydrogen) atoms. The zero-order valence-corrected chi connectivity index (χ0v) is 6.46. The molecule has 0 saturated carbocycles. The van der Waals surface area contributed by atoms with Crippen LogP contribution in [0.3, 0.4) is 0 Å². The molecular formula is C8H14O2. The molecule has 58 valence electrons. The fraction of sp³-hybridized carbons (Fsp3) is 0.750. The molecule has 1 atom stereocenters. The number of aliphatic hydroxyl groups excluding tert-OH is 2. The van der Waals surface area contributed by atoms with Gasteiger partial charge in [-0.25, -0.2) is 0 Å². The minimum Gasteiger partial charge on any atom is -0.384 e. The van der Waals surface area contributed by atoms with Gasteiger partial charge in [-0.15, -0.1) is 0 Å². The van der Waals surface area contributed by atoms with Gasteiger partial charge < -0.3 is 10.2 Å². The van der Waals surface area contributed by atoms with Crippen molar-refractivity contribution in [3.8, 4) is 11.8 Å². The van der Waals surface area contributed by atoms with Crippen molar-refractivity contribution in [2.45, 2.75) is 26.4 Å². The molecule has 0 saturated heterocycles. The standard InChI is InChI=1S/C8H14O2/c1-7(2)6-8(10)4-3-5-9/h7-10H,5-6H2,1-2H3. The molecular weight excluding hydrogens is 128 g/mol. The van der Waals surface area contributed by atoms with E-state index in [4.69, 9.17) is 10.2 Å². The van der Waals surface area contributed by atoms with Crippen molar-refractivity contribution in [3.63, 3.8) is 0 Å². The molecule has 0 radical (unpaired) electrons. The Balaban J connectivity index is 3.52.